The maximum Gasteiger partial charge on any atom is 0.320 e. The van der Waals surface area contributed by atoms with Crippen molar-refractivity contribution in [2.45, 2.75) is 44.3 Å². The van der Waals surface area contributed by atoms with E-state index < -0.39 is 0 Å². The van der Waals surface area contributed by atoms with Gasteiger partial charge in [-0.05, 0) is 67.6 Å². The summed E-state index contributed by atoms with van der Waals surface area (Å²) in [6, 6.07) is 21.6. The van der Waals surface area contributed by atoms with Crippen molar-refractivity contribution in [3.63, 3.8) is 0 Å². The third-order valence-electron chi connectivity index (χ3n) is 7.19. The Balaban J connectivity index is 1.04. The predicted molar refractivity (Wildman–Crippen MR) is 147 cm³/mol. The first-order chi connectivity index (χ1) is 19.7. The number of hydrogen-bond acceptors (Lipinski definition) is 9. The Labute approximate surface area is 233 Å². The van der Waals surface area contributed by atoms with E-state index in [0.717, 1.165) is 53.6 Å². The molecule has 6 aromatic rings. The van der Waals surface area contributed by atoms with Crippen molar-refractivity contribution in [3.05, 3.63) is 89.9 Å². The summed E-state index contributed by atoms with van der Waals surface area (Å²) in [4.78, 5) is 8.71. The molecule has 200 valence electrons. The van der Waals surface area contributed by atoms with Crippen LogP contribution in [0.15, 0.2) is 77.4 Å². The molecule has 0 radical (unpaired) electrons. The Morgan fingerprint density at radius 3 is 2.65 bits per heavy atom. The molecule has 0 aliphatic heterocycles. The number of rotatable bonds is 7. The van der Waals surface area contributed by atoms with Gasteiger partial charge < -0.3 is 14.0 Å². The lowest BCUT2D eigenvalue weighted by molar-refractivity contribution is 0.144. The number of aromatic nitrogens is 7. The highest BCUT2D eigenvalue weighted by Crippen LogP contribution is 2.35. The Bertz CT molecular complexity index is 1780. The lowest BCUT2D eigenvalue weighted by Crippen LogP contribution is -2.23. The number of fused-ring (bicyclic) bond motifs is 2. The molecule has 0 amide bonds. The molecule has 1 aliphatic carbocycles. The Hall–Kier alpha value is -4.57. The van der Waals surface area contributed by atoms with E-state index in [0.29, 0.717) is 23.0 Å². The topological polar surface area (TPSA) is 113 Å². The summed E-state index contributed by atoms with van der Waals surface area (Å²) < 4.78 is 19.1. The quantitative estimate of drug-likeness (QED) is 0.233. The van der Waals surface area contributed by atoms with Crippen LogP contribution < -0.4 is 9.47 Å². The van der Waals surface area contributed by atoms with Gasteiger partial charge in [-0.15, -0.1) is 10.2 Å². The van der Waals surface area contributed by atoms with Gasteiger partial charge in [0.15, 0.2) is 17.3 Å². The van der Waals surface area contributed by atoms with Crippen LogP contribution in [0.5, 0.6) is 11.5 Å². The second-order valence-electron chi connectivity index (χ2n) is 9.74. The van der Waals surface area contributed by atoms with Gasteiger partial charge in [-0.1, -0.05) is 35.5 Å². The van der Waals surface area contributed by atoms with Crippen LogP contribution in [0.4, 0.5) is 0 Å². The Morgan fingerprint density at radius 1 is 0.950 bits per heavy atom. The van der Waals surface area contributed by atoms with Gasteiger partial charge in [-0.2, -0.15) is 14.6 Å². The lowest BCUT2D eigenvalue weighted by atomic mass is 9.87. The van der Waals surface area contributed by atoms with E-state index in [1.165, 1.54) is 0 Å². The molecule has 10 nitrogen and oxygen atoms in total. The molecule has 1 fully saturated rings. The van der Waals surface area contributed by atoms with Crippen LogP contribution in [0.3, 0.4) is 0 Å². The molecule has 1 saturated carbocycles. The maximum atomic E-state index is 6.31. The number of benzene rings is 2. The van der Waals surface area contributed by atoms with Crippen molar-refractivity contribution >= 4 is 28.2 Å². The van der Waals surface area contributed by atoms with E-state index in [-0.39, 0.29) is 24.0 Å². The summed E-state index contributed by atoms with van der Waals surface area (Å²) in [5.74, 6) is 3.02. The number of halogens is 1. The highest BCUT2D eigenvalue weighted by atomic mass is 35.5. The standard InChI is InChI=1S/C29H24ClN7O3/c30-29-32-28(36-40-29)19-6-8-20(9-7-19)39-21-10-11-22-24(16-21)31-15-14-25(22)38-17-27-34-33-26-13-12-23(35-37(26)27)18-4-2-1-3-5-18/h1-5,10-16,19-20H,6-9,17H2/t19-,20-. The first-order valence-corrected chi connectivity index (χ1v) is 13.5. The molecule has 4 aromatic heterocycles. The second-order valence-corrected chi connectivity index (χ2v) is 10.1. The minimum atomic E-state index is 0.0871. The van der Waals surface area contributed by atoms with Crippen LogP contribution in [0.2, 0.25) is 5.35 Å². The van der Waals surface area contributed by atoms with E-state index >= 15 is 0 Å². The minimum absolute atomic E-state index is 0.0871. The van der Waals surface area contributed by atoms with Gasteiger partial charge in [-0.25, -0.2) is 0 Å². The first-order valence-electron chi connectivity index (χ1n) is 13.1. The zero-order chi connectivity index (χ0) is 26.9. The van der Waals surface area contributed by atoms with Gasteiger partial charge >= 0.3 is 5.35 Å². The zero-order valence-electron chi connectivity index (χ0n) is 21.4. The van der Waals surface area contributed by atoms with Gasteiger partial charge in [0.2, 0.25) is 0 Å². The average Bonchev–Trinajstić information content (AvgIpc) is 3.62. The van der Waals surface area contributed by atoms with Crippen molar-refractivity contribution in [3.8, 4) is 22.8 Å². The minimum Gasteiger partial charge on any atom is -0.490 e. The molecule has 0 atom stereocenters. The molecule has 11 heteroatoms. The fraction of sp³-hybridized carbons (Fsp3) is 0.241. The maximum absolute atomic E-state index is 6.31. The van der Waals surface area contributed by atoms with Crippen LogP contribution in [0.1, 0.15) is 43.3 Å². The number of hydrogen-bond donors (Lipinski definition) is 0. The van der Waals surface area contributed by atoms with Crippen LogP contribution in [-0.4, -0.2) is 41.0 Å². The van der Waals surface area contributed by atoms with Gasteiger partial charge in [0.25, 0.3) is 0 Å². The van der Waals surface area contributed by atoms with Crippen molar-refractivity contribution in [2.24, 2.45) is 0 Å². The number of ether oxygens (including phenoxy) is 2. The van der Waals surface area contributed by atoms with Crippen LogP contribution in [-0.2, 0) is 6.61 Å². The summed E-state index contributed by atoms with van der Waals surface area (Å²) in [7, 11) is 0. The molecule has 0 saturated heterocycles. The highest BCUT2D eigenvalue weighted by Gasteiger charge is 2.27. The smallest absolute Gasteiger partial charge is 0.320 e. The lowest BCUT2D eigenvalue weighted by Gasteiger charge is -2.27. The van der Waals surface area contributed by atoms with Gasteiger partial charge in [-0.3, -0.25) is 4.98 Å². The molecular weight excluding hydrogens is 530 g/mol. The van der Waals surface area contributed by atoms with Gasteiger partial charge in [0, 0.05) is 29.1 Å². The summed E-state index contributed by atoms with van der Waals surface area (Å²) >= 11 is 5.78. The highest BCUT2D eigenvalue weighted by molar-refractivity contribution is 6.27. The largest absolute Gasteiger partial charge is 0.490 e. The normalized spacial score (nSPS) is 17.3. The molecule has 0 spiro atoms. The molecule has 1 aliphatic rings. The SMILES string of the molecule is Clc1nc([C@H]2CC[C@H](Oc3ccc4c(OCc5nnc6ccc(-c7ccccc7)nn56)ccnc4c3)CC2)no1. The van der Waals surface area contributed by atoms with E-state index in [1.54, 1.807) is 10.7 Å². The molecule has 0 bridgehead atoms. The summed E-state index contributed by atoms with van der Waals surface area (Å²) in [5, 5.41) is 18.2. The van der Waals surface area contributed by atoms with E-state index in [2.05, 4.69) is 25.3 Å². The third kappa shape index (κ3) is 4.93. The van der Waals surface area contributed by atoms with Crippen molar-refractivity contribution in [1.29, 1.82) is 0 Å². The van der Waals surface area contributed by atoms with E-state index in [1.807, 2.05) is 66.7 Å². The van der Waals surface area contributed by atoms with Crippen molar-refractivity contribution in [2.75, 3.05) is 0 Å². The zero-order valence-corrected chi connectivity index (χ0v) is 22.1. The molecule has 4 heterocycles. The Kier molecular flexibility index (Phi) is 6.45. The summed E-state index contributed by atoms with van der Waals surface area (Å²) in [6.07, 6.45) is 5.49. The van der Waals surface area contributed by atoms with Crippen molar-refractivity contribution < 1.29 is 14.0 Å². The van der Waals surface area contributed by atoms with Gasteiger partial charge in [0.05, 0.1) is 17.3 Å². The van der Waals surface area contributed by atoms with E-state index in [4.69, 9.17) is 30.7 Å². The van der Waals surface area contributed by atoms with Crippen LogP contribution in [0, 0.1) is 0 Å². The van der Waals surface area contributed by atoms with Crippen LogP contribution >= 0.6 is 11.6 Å². The van der Waals surface area contributed by atoms with E-state index in [9.17, 15) is 0 Å². The second kappa shape index (κ2) is 10.5. The fourth-order valence-electron chi connectivity index (χ4n) is 5.14. The molecular formula is C29H24ClN7O3. The summed E-state index contributed by atoms with van der Waals surface area (Å²) in [6.45, 7) is 0.207. The van der Waals surface area contributed by atoms with Gasteiger partial charge in [0.1, 0.15) is 18.1 Å². The first kappa shape index (κ1) is 24.5. The number of pyridine rings is 1. The molecule has 7 rings (SSSR count). The molecule has 2 aromatic carbocycles. The summed E-state index contributed by atoms with van der Waals surface area (Å²) in [5.41, 5.74) is 3.31. The fourth-order valence-corrected chi connectivity index (χ4v) is 5.26. The molecule has 40 heavy (non-hydrogen) atoms. The average molecular weight is 554 g/mol. The monoisotopic (exact) mass is 553 g/mol. The molecule has 0 unspecified atom stereocenters. The Morgan fingerprint density at radius 2 is 1.82 bits per heavy atom. The molecule has 0 N–H and O–H groups in total. The van der Waals surface area contributed by atoms with Crippen LogP contribution in [0.25, 0.3) is 27.8 Å². The third-order valence-corrected chi connectivity index (χ3v) is 7.34. The van der Waals surface area contributed by atoms with Crippen molar-refractivity contribution in [1.82, 2.24) is 34.9 Å². The number of nitrogens with zero attached hydrogens (tertiary/aromatic N) is 7. The predicted octanol–water partition coefficient (Wildman–Crippen LogP) is 6.06.